The Bertz CT molecular complexity index is 514. The number of carboxylic acid groups (broad SMARTS) is 1. The fourth-order valence-corrected chi connectivity index (χ4v) is 2.08. The van der Waals surface area contributed by atoms with Crippen LogP contribution in [-0.4, -0.2) is 42.2 Å². The summed E-state index contributed by atoms with van der Waals surface area (Å²) in [5.74, 6) is -1.15. The number of nitrogens with one attached hydrogen (secondary N) is 1. The Morgan fingerprint density at radius 1 is 1.56 bits per heavy atom. The molecule has 1 heterocycles. The lowest BCUT2D eigenvalue weighted by atomic mass is 10.5. The van der Waals surface area contributed by atoms with Crippen LogP contribution >= 0.6 is 0 Å². The van der Waals surface area contributed by atoms with Gasteiger partial charge in [0.2, 0.25) is 10.0 Å². The molecule has 0 aliphatic carbocycles. The van der Waals surface area contributed by atoms with Crippen LogP contribution < -0.4 is 4.72 Å². The van der Waals surface area contributed by atoms with E-state index in [2.05, 4.69) is 5.10 Å². The summed E-state index contributed by atoms with van der Waals surface area (Å²) in [6.45, 7) is -0.984. The van der Waals surface area contributed by atoms with Crippen molar-refractivity contribution in [2.75, 3.05) is 6.54 Å². The average molecular weight is 283 g/mol. The first-order valence-corrected chi connectivity index (χ1v) is 6.31. The Hall–Kier alpha value is -1.55. The van der Waals surface area contributed by atoms with Gasteiger partial charge in [0.25, 0.3) is 6.43 Å². The van der Waals surface area contributed by atoms with Crippen molar-refractivity contribution in [1.82, 2.24) is 14.5 Å². The van der Waals surface area contributed by atoms with E-state index in [4.69, 9.17) is 5.11 Å². The zero-order valence-corrected chi connectivity index (χ0v) is 9.90. The van der Waals surface area contributed by atoms with Crippen molar-refractivity contribution in [2.24, 2.45) is 0 Å². The number of carbonyl (C=O) groups is 1. The van der Waals surface area contributed by atoms with Crippen molar-refractivity contribution in [3.05, 3.63) is 12.4 Å². The minimum absolute atomic E-state index is 0.280. The summed E-state index contributed by atoms with van der Waals surface area (Å²) in [4.78, 5) is 9.93. The third kappa shape index (κ3) is 4.37. The van der Waals surface area contributed by atoms with Crippen molar-refractivity contribution in [1.29, 1.82) is 0 Å². The highest BCUT2D eigenvalue weighted by Crippen LogP contribution is 2.08. The van der Waals surface area contributed by atoms with Crippen molar-refractivity contribution < 1.29 is 27.1 Å². The summed E-state index contributed by atoms with van der Waals surface area (Å²) in [5, 5.41) is 11.8. The molecule has 0 saturated carbocycles. The smallest absolute Gasteiger partial charge is 0.304 e. The molecule has 10 heteroatoms. The number of nitrogens with zero attached hydrogens (tertiary/aromatic N) is 2. The van der Waals surface area contributed by atoms with E-state index in [1.807, 2.05) is 4.72 Å². The lowest BCUT2D eigenvalue weighted by Gasteiger charge is -2.02. The molecule has 0 saturated heterocycles. The fourth-order valence-electron chi connectivity index (χ4n) is 1.10. The number of aliphatic carboxylic acids is 1. The number of aromatic nitrogens is 2. The van der Waals surface area contributed by atoms with Crippen LogP contribution in [0.2, 0.25) is 0 Å². The molecule has 1 aromatic heterocycles. The van der Waals surface area contributed by atoms with E-state index in [0.29, 0.717) is 0 Å². The Morgan fingerprint density at radius 2 is 2.22 bits per heavy atom. The number of halogens is 2. The molecular weight excluding hydrogens is 272 g/mol. The second-order valence-electron chi connectivity index (χ2n) is 3.33. The van der Waals surface area contributed by atoms with E-state index < -0.39 is 29.0 Å². The third-order valence-electron chi connectivity index (χ3n) is 1.88. The highest BCUT2D eigenvalue weighted by atomic mass is 32.2. The molecule has 0 fully saturated rings. The van der Waals surface area contributed by atoms with Crippen molar-refractivity contribution in [2.45, 2.75) is 24.3 Å². The average Bonchev–Trinajstić information content (AvgIpc) is 2.64. The summed E-state index contributed by atoms with van der Waals surface area (Å²) >= 11 is 0. The molecular formula is C8H11F2N3O4S. The molecule has 0 aliphatic heterocycles. The summed E-state index contributed by atoms with van der Waals surface area (Å²) in [6.07, 6.45) is -1.13. The first kappa shape index (κ1) is 14.5. The SMILES string of the molecule is O=C(O)CCNS(=O)(=O)c1cnn(CC(F)F)c1. The molecule has 18 heavy (non-hydrogen) atoms. The summed E-state index contributed by atoms with van der Waals surface area (Å²) < 4.78 is 50.0. The lowest BCUT2D eigenvalue weighted by molar-refractivity contribution is -0.136. The van der Waals surface area contributed by atoms with Gasteiger partial charge in [0.15, 0.2) is 0 Å². The molecule has 2 N–H and O–H groups in total. The van der Waals surface area contributed by atoms with Crippen LogP contribution in [0.3, 0.4) is 0 Å². The predicted octanol–water partition coefficient (Wildman–Crippen LogP) is -0.0988. The molecule has 102 valence electrons. The molecule has 0 bridgehead atoms. The maximum Gasteiger partial charge on any atom is 0.304 e. The molecule has 0 spiro atoms. The number of hydrogen-bond donors (Lipinski definition) is 2. The molecule has 0 aromatic carbocycles. The van der Waals surface area contributed by atoms with Gasteiger partial charge in [0.05, 0.1) is 12.6 Å². The van der Waals surface area contributed by atoms with Gasteiger partial charge in [-0.1, -0.05) is 0 Å². The standard InChI is InChI=1S/C8H11F2N3O4S/c9-7(10)5-13-4-6(3-11-13)18(16,17)12-2-1-8(14)15/h3-4,7,12H,1-2,5H2,(H,14,15). The van der Waals surface area contributed by atoms with Gasteiger partial charge in [-0.05, 0) is 0 Å². The van der Waals surface area contributed by atoms with Crippen molar-refractivity contribution in [3.8, 4) is 0 Å². The number of sulfonamides is 1. The molecule has 0 aliphatic rings. The lowest BCUT2D eigenvalue weighted by Crippen LogP contribution is -2.26. The van der Waals surface area contributed by atoms with Crippen LogP contribution in [0, 0.1) is 0 Å². The highest BCUT2D eigenvalue weighted by Gasteiger charge is 2.17. The van der Waals surface area contributed by atoms with Crippen LogP contribution in [0.25, 0.3) is 0 Å². The maximum absolute atomic E-state index is 12.0. The first-order chi connectivity index (χ1) is 8.31. The van der Waals surface area contributed by atoms with E-state index in [-0.39, 0.29) is 17.9 Å². The van der Waals surface area contributed by atoms with Gasteiger partial charge in [-0.15, -0.1) is 0 Å². The second kappa shape index (κ2) is 5.87. The Labute approximate surface area is 101 Å². The summed E-state index contributed by atoms with van der Waals surface area (Å²) in [6, 6.07) is 0. The fraction of sp³-hybridized carbons (Fsp3) is 0.500. The zero-order valence-electron chi connectivity index (χ0n) is 9.08. The Morgan fingerprint density at radius 3 is 2.78 bits per heavy atom. The van der Waals surface area contributed by atoms with Gasteiger partial charge >= 0.3 is 5.97 Å². The maximum atomic E-state index is 12.0. The molecule has 0 atom stereocenters. The van der Waals surface area contributed by atoms with Crippen LogP contribution in [0.5, 0.6) is 0 Å². The molecule has 0 unspecified atom stereocenters. The van der Waals surface area contributed by atoms with Crippen LogP contribution in [-0.2, 0) is 21.4 Å². The Balaban J connectivity index is 2.67. The van der Waals surface area contributed by atoms with E-state index in [0.717, 1.165) is 17.1 Å². The van der Waals surface area contributed by atoms with Gasteiger partial charge < -0.3 is 5.11 Å². The zero-order chi connectivity index (χ0) is 13.8. The number of alkyl halides is 2. The van der Waals surface area contributed by atoms with Gasteiger partial charge in [-0.2, -0.15) is 5.10 Å². The van der Waals surface area contributed by atoms with E-state index in [9.17, 15) is 22.0 Å². The summed E-state index contributed by atoms with van der Waals surface area (Å²) in [5.41, 5.74) is 0. The monoisotopic (exact) mass is 283 g/mol. The van der Waals surface area contributed by atoms with Gasteiger partial charge in [-0.3, -0.25) is 9.48 Å². The number of hydrogen-bond acceptors (Lipinski definition) is 4. The number of carboxylic acids is 1. The van der Waals surface area contributed by atoms with Crippen LogP contribution in [0.15, 0.2) is 17.3 Å². The third-order valence-corrected chi connectivity index (χ3v) is 3.29. The van der Waals surface area contributed by atoms with Crippen LogP contribution in [0.4, 0.5) is 8.78 Å². The Kier molecular flexibility index (Phi) is 4.73. The molecule has 1 rings (SSSR count). The van der Waals surface area contributed by atoms with Crippen LogP contribution in [0.1, 0.15) is 6.42 Å². The van der Waals surface area contributed by atoms with E-state index >= 15 is 0 Å². The van der Waals surface area contributed by atoms with E-state index in [1.165, 1.54) is 0 Å². The normalized spacial score (nSPS) is 11.9. The van der Waals surface area contributed by atoms with Crippen molar-refractivity contribution in [3.63, 3.8) is 0 Å². The van der Waals surface area contributed by atoms with Gasteiger partial charge in [0.1, 0.15) is 11.4 Å². The topological polar surface area (TPSA) is 101 Å². The minimum atomic E-state index is -3.91. The second-order valence-corrected chi connectivity index (χ2v) is 5.10. The molecule has 1 aromatic rings. The molecule has 0 radical (unpaired) electrons. The predicted molar refractivity (Wildman–Crippen MR) is 55.7 cm³/mol. The van der Waals surface area contributed by atoms with Crippen molar-refractivity contribution >= 4 is 16.0 Å². The van der Waals surface area contributed by atoms with Gasteiger partial charge in [-0.25, -0.2) is 21.9 Å². The van der Waals surface area contributed by atoms with Gasteiger partial charge in [0, 0.05) is 12.7 Å². The first-order valence-electron chi connectivity index (χ1n) is 4.83. The molecule has 0 amide bonds. The van der Waals surface area contributed by atoms with E-state index in [1.54, 1.807) is 0 Å². The largest absolute Gasteiger partial charge is 0.481 e. The number of rotatable bonds is 7. The highest BCUT2D eigenvalue weighted by molar-refractivity contribution is 7.89. The minimum Gasteiger partial charge on any atom is -0.481 e. The summed E-state index contributed by atoms with van der Waals surface area (Å²) in [7, 11) is -3.91. The quantitative estimate of drug-likeness (QED) is 0.727. The molecule has 7 nitrogen and oxygen atoms in total.